The Morgan fingerprint density at radius 1 is 0.325 bits per heavy atom. The van der Waals surface area contributed by atoms with Gasteiger partial charge in [-0.05, 0) is 151 Å². The molecule has 0 atom stereocenters. The maximum Gasteiger partial charge on any atom is 0.0713 e. The van der Waals surface area contributed by atoms with Gasteiger partial charge in [0.05, 0.1) is 5.41 Å². The van der Waals surface area contributed by atoms with E-state index in [-0.39, 0.29) is 0 Å². The summed E-state index contributed by atoms with van der Waals surface area (Å²) in [6, 6.07) is 95.0. The SMILES string of the molecule is Cc1ccc(C(=Cc2ccc(-c3ccc(C4(c5ccc(C=C(c6ccc(C)cc6)c6ccc7c(c6)c6ccccc6n7C)cc5)c5ccccc5-c5ccccc54)cc3)cc2)c2ccc3c(c2)c2ccccc2n3C)cc1. The maximum atomic E-state index is 2.38. The molecule has 2 heteroatoms. The molecule has 1 aliphatic carbocycles. The Hall–Kier alpha value is -9.50. The summed E-state index contributed by atoms with van der Waals surface area (Å²) in [5.74, 6) is 0. The Morgan fingerprint density at radius 3 is 1.13 bits per heavy atom. The molecule has 0 bridgehead atoms. The Balaban J connectivity index is 0.837. The van der Waals surface area contributed by atoms with Crippen LogP contribution in [0.25, 0.3) is 89.2 Å². The van der Waals surface area contributed by atoms with Gasteiger partial charge in [-0.2, -0.15) is 0 Å². The number of para-hydroxylation sites is 2. The van der Waals surface area contributed by atoms with Crippen molar-refractivity contribution < 1.29 is 0 Å². The van der Waals surface area contributed by atoms with Crippen LogP contribution < -0.4 is 0 Å². The molecule has 0 saturated carbocycles. The third kappa shape index (κ3) is 7.62. The van der Waals surface area contributed by atoms with Crippen molar-refractivity contribution in [3.63, 3.8) is 0 Å². The summed E-state index contributed by atoms with van der Waals surface area (Å²) in [7, 11) is 4.33. The van der Waals surface area contributed by atoms with Gasteiger partial charge in [-0.25, -0.2) is 0 Å². The van der Waals surface area contributed by atoms with E-state index in [0.29, 0.717) is 0 Å². The van der Waals surface area contributed by atoms with Crippen LogP contribution in [0.5, 0.6) is 0 Å². The molecule has 2 heterocycles. The molecular weight excluding hydrogens is 929 g/mol. The predicted octanol–water partition coefficient (Wildman–Crippen LogP) is 18.8. The Kier molecular flexibility index (Phi) is 11.0. The second-order valence-electron chi connectivity index (χ2n) is 21.1. The summed E-state index contributed by atoms with van der Waals surface area (Å²) in [6.45, 7) is 4.31. The molecule has 0 radical (unpaired) electrons. The van der Waals surface area contributed by atoms with Gasteiger partial charge in [0, 0.05) is 57.7 Å². The minimum atomic E-state index is -0.525. The molecule has 0 spiro atoms. The van der Waals surface area contributed by atoms with Crippen LogP contribution in [-0.2, 0) is 19.5 Å². The van der Waals surface area contributed by atoms with E-state index >= 15 is 0 Å². The third-order valence-electron chi connectivity index (χ3n) is 16.7. The van der Waals surface area contributed by atoms with Crippen LogP contribution in [-0.4, -0.2) is 9.13 Å². The molecule has 0 unspecified atom stereocenters. The molecule has 2 aromatic heterocycles. The van der Waals surface area contributed by atoms with Crippen molar-refractivity contribution in [2.75, 3.05) is 0 Å². The van der Waals surface area contributed by atoms with Crippen LogP contribution in [0.2, 0.25) is 0 Å². The first-order chi connectivity index (χ1) is 37.8. The van der Waals surface area contributed by atoms with E-state index < -0.39 is 5.41 Å². The molecule has 13 aromatic rings. The van der Waals surface area contributed by atoms with Crippen LogP contribution in [0, 0.1) is 13.8 Å². The normalized spacial score (nSPS) is 13.2. The number of fused-ring (bicyclic) bond motifs is 9. The quantitative estimate of drug-likeness (QED) is 0.128. The first-order valence-corrected chi connectivity index (χ1v) is 26.8. The zero-order valence-electron chi connectivity index (χ0n) is 43.8. The lowest BCUT2D eigenvalue weighted by atomic mass is 9.67. The van der Waals surface area contributed by atoms with E-state index in [2.05, 4.69) is 304 Å². The van der Waals surface area contributed by atoms with Gasteiger partial charge in [0.2, 0.25) is 0 Å². The highest BCUT2D eigenvalue weighted by atomic mass is 14.9. The minimum Gasteiger partial charge on any atom is -0.344 e. The molecule has 366 valence electrons. The average molecular weight is 985 g/mol. The molecule has 0 saturated heterocycles. The molecule has 14 rings (SSSR count). The monoisotopic (exact) mass is 984 g/mol. The van der Waals surface area contributed by atoms with Crippen molar-refractivity contribution in [2.45, 2.75) is 19.3 Å². The van der Waals surface area contributed by atoms with Crippen molar-refractivity contribution in [2.24, 2.45) is 14.1 Å². The van der Waals surface area contributed by atoms with Gasteiger partial charge >= 0.3 is 0 Å². The summed E-state index contributed by atoms with van der Waals surface area (Å²) in [5.41, 5.74) is 26.5. The van der Waals surface area contributed by atoms with Crippen molar-refractivity contribution in [3.05, 3.63) is 322 Å². The summed E-state index contributed by atoms with van der Waals surface area (Å²) < 4.78 is 4.60. The molecular formula is C75H56N2. The number of nitrogens with zero attached hydrogens (tertiary/aromatic N) is 2. The highest BCUT2D eigenvalue weighted by Crippen LogP contribution is 2.56. The largest absolute Gasteiger partial charge is 0.344 e. The number of rotatable bonds is 9. The number of hydrogen-bond acceptors (Lipinski definition) is 0. The van der Waals surface area contributed by atoms with E-state index in [4.69, 9.17) is 0 Å². The number of benzene rings is 11. The first-order valence-electron chi connectivity index (χ1n) is 26.8. The predicted molar refractivity (Wildman–Crippen MR) is 326 cm³/mol. The van der Waals surface area contributed by atoms with Crippen LogP contribution in [0.15, 0.2) is 255 Å². The summed E-state index contributed by atoms with van der Waals surface area (Å²) >= 11 is 0. The maximum absolute atomic E-state index is 2.38. The fourth-order valence-corrected chi connectivity index (χ4v) is 12.7. The number of aromatic nitrogens is 2. The van der Waals surface area contributed by atoms with E-state index in [1.165, 1.54) is 133 Å². The zero-order valence-corrected chi connectivity index (χ0v) is 43.8. The van der Waals surface area contributed by atoms with Crippen LogP contribution in [0.3, 0.4) is 0 Å². The van der Waals surface area contributed by atoms with Crippen molar-refractivity contribution in [1.29, 1.82) is 0 Å². The van der Waals surface area contributed by atoms with E-state index in [1.807, 2.05) is 0 Å². The number of aryl methyl sites for hydroxylation is 4. The van der Waals surface area contributed by atoms with Gasteiger partial charge in [0.1, 0.15) is 0 Å². The van der Waals surface area contributed by atoms with Crippen molar-refractivity contribution in [3.8, 4) is 22.3 Å². The second kappa shape index (κ2) is 18.4. The van der Waals surface area contributed by atoms with Crippen LogP contribution in [0.1, 0.15) is 66.8 Å². The molecule has 2 nitrogen and oxygen atoms in total. The molecule has 0 N–H and O–H groups in total. The molecule has 0 aliphatic heterocycles. The van der Waals surface area contributed by atoms with Crippen molar-refractivity contribution in [1.82, 2.24) is 9.13 Å². The molecule has 1 aliphatic rings. The summed E-state index contributed by atoms with van der Waals surface area (Å²) in [5, 5.41) is 5.09. The lowest BCUT2D eigenvalue weighted by Crippen LogP contribution is -2.28. The topological polar surface area (TPSA) is 9.86 Å². The summed E-state index contributed by atoms with van der Waals surface area (Å²) in [4.78, 5) is 0. The lowest BCUT2D eigenvalue weighted by molar-refractivity contribution is 0.768. The smallest absolute Gasteiger partial charge is 0.0713 e. The van der Waals surface area contributed by atoms with Crippen LogP contribution in [0.4, 0.5) is 0 Å². The Morgan fingerprint density at radius 2 is 0.675 bits per heavy atom. The molecule has 0 amide bonds. The van der Waals surface area contributed by atoms with Gasteiger partial charge in [-0.15, -0.1) is 0 Å². The second-order valence-corrected chi connectivity index (χ2v) is 21.1. The summed E-state index contributed by atoms with van der Waals surface area (Å²) in [6.07, 6.45) is 4.71. The fourth-order valence-electron chi connectivity index (χ4n) is 12.7. The zero-order chi connectivity index (χ0) is 51.8. The Labute approximate surface area is 450 Å². The minimum absolute atomic E-state index is 0.525. The van der Waals surface area contributed by atoms with Gasteiger partial charge < -0.3 is 9.13 Å². The lowest BCUT2D eigenvalue weighted by Gasteiger charge is -2.34. The molecule has 11 aromatic carbocycles. The van der Waals surface area contributed by atoms with E-state index in [0.717, 1.165) is 11.1 Å². The van der Waals surface area contributed by atoms with Gasteiger partial charge in [-0.3, -0.25) is 0 Å². The molecule has 77 heavy (non-hydrogen) atoms. The molecule has 0 fully saturated rings. The fraction of sp³-hybridized carbons (Fsp3) is 0.0667. The highest BCUT2D eigenvalue weighted by molar-refractivity contribution is 6.11. The van der Waals surface area contributed by atoms with E-state index in [1.54, 1.807) is 0 Å². The Bertz CT molecular complexity index is 4440. The number of hydrogen-bond donors (Lipinski definition) is 0. The van der Waals surface area contributed by atoms with Gasteiger partial charge in [0.25, 0.3) is 0 Å². The van der Waals surface area contributed by atoms with Crippen molar-refractivity contribution >= 4 is 66.9 Å². The highest BCUT2D eigenvalue weighted by Gasteiger charge is 2.45. The third-order valence-corrected chi connectivity index (χ3v) is 16.7. The first kappa shape index (κ1) is 46.1. The van der Waals surface area contributed by atoms with Gasteiger partial charge in [0.15, 0.2) is 0 Å². The van der Waals surface area contributed by atoms with E-state index in [9.17, 15) is 0 Å². The standard InChI is InChI=1S/C75H56N2/c1-49-21-29-55(30-22-49)65(57-37-43-73-67(47-57)63-15-7-11-19-71(63)76(73)3)45-51-25-33-53(34-26-51)54-35-41-60(42-36-54)75(69-17-9-5-13-61(69)62-14-6-10-18-70(62)75)59-39-27-52(28-40-59)46-66(56-31-23-50(2)24-32-56)58-38-44-74-68(48-58)64-16-8-12-20-72(64)77(74)4/h5-48H,1-4H3. The van der Waals surface area contributed by atoms with Gasteiger partial charge in [-0.1, -0.05) is 230 Å². The van der Waals surface area contributed by atoms with Crippen LogP contribution >= 0.6 is 0 Å². The average Bonchev–Trinajstić information content (AvgIpc) is 4.30.